The Morgan fingerprint density at radius 2 is 1.86 bits per heavy atom. The number of carbonyl (C=O) groups excluding carboxylic acids is 1. The minimum absolute atomic E-state index is 0.400. The Morgan fingerprint density at radius 3 is 2.43 bits per heavy atom. The fourth-order valence-corrected chi connectivity index (χ4v) is 2.45. The third-order valence-corrected chi connectivity index (χ3v) is 3.50. The van der Waals surface area contributed by atoms with Crippen molar-refractivity contribution in [3.05, 3.63) is 0 Å². The second kappa shape index (κ2) is 4.43. The second-order valence-electron chi connectivity index (χ2n) is 5.09. The highest BCUT2D eigenvalue weighted by Crippen LogP contribution is 2.30. The van der Waals surface area contributed by atoms with Gasteiger partial charge in [0.05, 0.1) is 6.54 Å². The molecular weight excluding hydrogens is 174 g/mol. The topological polar surface area (TPSA) is 20.3 Å². The predicted octanol–water partition coefficient (Wildman–Crippen LogP) is 2.09. The van der Waals surface area contributed by atoms with Crippen molar-refractivity contribution in [3.8, 4) is 0 Å². The number of ketones is 1. The molecule has 2 heteroatoms. The van der Waals surface area contributed by atoms with Crippen molar-refractivity contribution in [2.45, 2.75) is 38.5 Å². The fraction of sp³-hybridized carbons (Fsp3) is 0.917. The summed E-state index contributed by atoms with van der Waals surface area (Å²) in [5.41, 5.74) is 0. The van der Waals surface area contributed by atoms with E-state index in [-0.39, 0.29) is 0 Å². The number of rotatable bonds is 5. The summed E-state index contributed by atoms with van der Waals surface area (Å²) in [6.07, 6.45) is 7.58. The Kier molecular flexibility index (Phi) is 3.22. The van der Waals surface area contributed by atoms with Crippen LogP contribution in [0.15, 0.2) is 0 Å². The molecule has 0 radical (unpaired) electrons. The molecule has 0 atom stereocenters. The Morgan fingerprint density at radius 1 is 1.21 bits per heavy atom. The van der Waals surface area contributed by atoms with E-state index in [1.807, 2.05) is 0 Å². The molecule has 2 saturated carbocycles. The van der Waals surface area contributed by atoms with Gasteiger partial charge in [0.15, 0.2) is 0 Å². The van der Waals surface area contributed by atoms with E-state index in [1.54, 1.807) is 0 Å². The van der Waals surface area contributed by atoms with Gasteiger partial charge in [-0.3, -0.25) is 9.69 Å². The van der Waals surface area contributed by atoms with Crippen molar-refractivity contribution < 1.29 is 4.79 Å². The zero-order valence-electron chi connectivity index (χ0n) is 9.17. The molecule has 0 saturated heterocycles. The smallest absolute Gasteiger partial charge is 0.149 e. The maximum Gasteiger partial charge on any atom is 0.149 e. The average Bonchev–Trinajstić information content (AvgIpc) is 2.80. The minimum atomic E-state index is 0.400. The van der Waals surface area contributed by atoms with Crippen LogP contribution in [0.25, 0.3) is 0 Å². The van der Waals surface area contributed by atoms with E-state index in [1.165, 1.54) is 25.7 Å². The summed E-state index contributed by atoms with van der Waals surface area (Å²) >= 11 is 0. The normalized spacial score (nSPS) is 23.3. The fourth-order valence-electron chi connectivity index (χ4n) is 2.45. The lowest BCUT2D eigenvalue weighted by Crippen LogP contribution is -2.30. The zero-order valence-corrected chi connectivity index (χ0v) is 9.17. The van der Waals surface area contributed by atoms with Crippen molar-refractivity contribution in [1.29, 1.82) is 0 Å². The molecule has 0 heterocycles. The Balaban J connectivity index is 1.69. The lowest BCUT2D eigenvalue weighted by molar-refractivity contribution is -0.123. The van der Waals surface area contributed by atoms with Crippen LogP contribution in [0.4, 0.5) is 0 Å². The molecular formula is C12H21NO. The Hall–Kier alpha value is -0.370. The van der Waals surface area contributed by atoms with E-state index in [0.29, 0.717) is 18.2 Å². The maximum absolute atomic E-state index is 11.8. The number of Topliss-reactive ketones (excluding diaryl/α,β-unsaturated/α-hetero) is 1. The number of carbonyl (C=O) groups is 1. The number of likely N-dealkylation sites (N-methyl/N-ethyl adjacent to an activating group) is 1. The Bertz CT molecular complexity index is 204. The highest BCUT2D eigenvalue weighted by atomic mass is 16.1. The van der Waals surface area contributed by atoms with E-state index < -0.39 is 0 Å². The van der Waals surface area contributed by atoms with Crippen LogP contribution in [0.5, 0.6) is 0 Å². The quantitative estimate of drug-likeness (QED) is 0.669. The summed E-state index contributed by atoms with van der Waals surface area (Å²) in [6.45, 7) is 1.83. The molecule has 2 aliphatic carbocycles. The second-order valence-corrected chi connectivity index (χ2v) is 5.09. The highest BCUT2D eigenvalue weighted by molar-refractivity contribution is 5.83. The first-order valence-electron chi connectivity index (χ1n) is 5.97. The van der Waals surface area contributed by atoms with E-state index in [2.05, 4.69) is 11.9 Å². The lowest BCUT2D eigenvalue weighted by Gasteiger charge is -2.17. The van der Waals surface area contributed by atoms with Crippen molar-refractivity contribution >= 4 is 5.78 Å². The van der Waals surface area contributed by atoms with Crippen LogP contribution in [0.2, 0.25) is 0 Å². The van der Waals surface area contributed by atoms with E-state index in [4.69, 9.17) is 0 Å². The molecule has 0 aliphatic heterocycles. The molecule has 0 bridgehead atoms. The summed E-state index contributed by atoms with van der Waals surface area (Å²) in [6, 6.07) is 0. The molecule has 0 spiro atoms. The lowest BCUT2D eigenvalue weighted by atomic mass is 10.0. The monoisotopic (exact) mass is 195 g/mol. The molecule has 2 fully saturated rings. The first kappa shape index (κ1) is 10.2. The molecule has 2 nitrogen and oxygen atoms in total. The summed E-state index contributed by atoms with van der Waals surface area (Å²) in [4.78, 5) is 14.0. The minimum Gasteiger partial charge on any atom is -0.299 e. The Labute approximate surface area is 86.7 Å². The van der Waals surface area contributed by atoms with Gasteiger partial charge in [-0.05, 0) is 38.6 Å². The SMILES string of the molecule is CN(CC(=O)C1CCCC1)CC1CC1. The number of nitrogens with zero attached hydrogens (tertiary/aromatic N) is 1. The van der Waals surface area contributed by atoms with Gasteiger partial charge in [0.25, 0.3) is 0 Å². The van der Waals surface area contributed by atoms with E-state index in [0.717, 1.165) is 25.3 Å². The van der Waals surface area contributed by atoms with E-state index in [9.17, 15) is 4.79 Å². The van der Waals surface area contributed by atoms with Crippen molar-refractivity contribution in [2.24, 2.45) is 11.8 Å². The van der Waals surface area contributed by atoms with Gasteiger partial charge in [-0.1, -0.05) is 12.8 Å². The molecule has 2 aliphatic rings. The predicted molar refractivity (Wildman–Crippen MR) is 57.2 cm³/mol. The summed E-state index contributed by atoms with van der Waals surface area (Å²) in [5, 5.41) is 0. The van der Waals surface area contributed by atoms with Crippen LogP contribution in [0, 0.1) is 11.8 Å². The van der Waals surface area contributed by atoms with Gasteiger partial charge in [0, 0.05) is 12.5 Å². The largest absolute Gasteiger partial charge is 0.299 e. The van der Waals surface area contributed by atoms with Gasteiger partial charge < -0.3 is 0 Å². The van der Waals surface area contributed by atoms with Crippen LogP contribution >= 0.6 is 0 Å². The third-order valence-electron chi connectivity index (χ3n) is 3.50. The molecule has 0 aromatic carbocycles. The van der Waals surface area contributed by atoms with Gasteiger partial charge in [-0.25, -0.2) is 0 Å². The molecule has 0 aromatic heterocycles. The van der Waals surface area contributed by atoms with E-state index >= 15 is 0 Å². The molecule has 2 rings (SSSR count). The van der Waals surface area contributed by atoms with Crippen LogP contribution in [-0.4, -0.2) is 30.8 Å². The number of hydrogen-bond donors (Lipinski definition) is 0. The first-order valence-corrected chi connectivity index (χ1v) is 5.97. The molecule has 0 aromatic rings. The average molecular weight is 195 g/mol. The van der Waals surface area contributed by atoms with Gasteiger partial charge in [-0.2, -0.15) is 0 Å². The number of hydrogen-bond acceptors (Lipinski definition) is 2. The van der Waals surface area contributed by atoms with Crippen LogP contribution < -0.4 is 0 Å². The summed E-state index contributed by atoms with van der Waals surface area (Å²) in [7, 11) is 2.09. The van der Waals surface area contributed by atoms with Crippen molar-refractivity contribution in [2.75, 3.05) is 20.1 Å². The van der Waals surface area contributed by atoms with Gasteiger partial charge in [0.1, 0.15) is 5.78 Å². The molecule has 14 heavy (non-hydrogen) atoms. The van der Waals surface area contributed by atoms with Gasteiger partial charge >= 0.3 is 0 Å². The highest BCUT2D eigenvalue weighted by Gasteiger charge is 2.26. The standard InChI is InChI=1S/C12H21NO/c1-13(8-10-6-7-10)9-12(14)11-4-2-3-5-11/h10-11H,2-9H2,1H3. The van der Waals surface area contributed by atoms with Crippen LogP contribution in [-0.2, 0) is 4.79 Å². The summed E-state index contributed by atoms with van der Waals surface area (Å²) in [5.74, 6) is 1.79. The molecule has 80 valence electrons. The summed E-state index contributed by atoms with van der Waals surface area (Å²) < 4.78 is 0. The third kappa shape index (κ3) is 2.81. The maximum atomic E-state index is 11.8. The van der Waals surface area contributed by atoms with Gasteiger partial charge in [0.2, 0.25) is 0 Å². The zero-order chi connectivity index (χ0) is 9.97. The molecule has 0 N–H and O–H groups in total. The first-order chi connectivity index (χ1) is 6.75. The van der Waals surface area contributed by atoms with Crippen molar-refractivity contribution in [3.63, 3.8) is 0 Å². The van der Waals surface area contributed by atoms with Crippen molar-refractivity contribution in [1.82, 2.24) is 4.90 Å². The van der Waals surface area contributed by atoms with Gasteiger partial charge in [-0.15, -0.1) is 0 Å². The van der Waals surface area contributed by atoms with Crippen LogP contribution in [0.1, 0.15) is 38.5 Å². The molecule has 0 unspecified atom stereocenters. The van der Waals surface area contributed by atoms with Crippen LogP contribution in [0.3, 0.4) is 0 Å². The molecule has 0 amide bonds.